The fourth-order valence-electron chi connectivity index (χ4n) is 3.66. The molecular formula is C17H25BrN2O2S. The molecule has 2 unspecified atom stereocenters. The van der Waals surface area contributed by atoms with E-state index in [1.54, 1.807) is 11.3 Å². The number of nitrogens with zero attached hydrogens (tertiary/aromatic N) is 1. The van der Waals surface area contributed by atoms with E-state index in [2.05, 4.69) is 32.7 Å². The van der Waals surface area contributed by atoms with Crippen LogP contribution in [0.5, 0.6) is 0 Å². The zero-order valence-electron chi connectivity index (χ0n) is 14.0. The molecule has 128 valence electrons. The van der Waals surface area contributed by atoms with Gasteiger partial charge in [-0.15, -0.1) is 11.3 Å². The Morgan fingerprint density at radius 1 is 1.39 bits per heavy atom. The molecule has 1 amide bonds. The van der Waals surface area contributed by atoms with Crippen molar-refractivity contribution in [2.75, 3.05) is 0 Å². The molecular weight excluding hydrogens is 376 g/mol. The molecule has 1 aromatic heterocycles. The van der Waals surface area contributed by atoms with Crippen molar-refractivity contribution in [1.82, 2.24) is 10.2 Å². The summed E-state index contributed by atoms with van der Waals surface area (Å²) in [5, 5.41) is 5.85. The molecule has 0 aliphatic carbocycles. The number of fused-ring (bicyclic) bond motifs is 2. The number of halogens is 1. The Labute approximate surface area is 150 Å². The van der Waals surface area contributed by atoms with E-state index in [4.69, 9.17) is 4.74 Å². The zero-order valence-corrected chi connectivity index (χ0v) is 16.4. The normalized spacial score (nSPS) is 27.3. The Bertz CT molecular complexity index is 555. The summed E-state index contributed by atoms with van der Waals surface area (Å²) in [4.78, 5) is 14.4. The molecule has 1 aromatic rings. The first kappa shape index (κ1) is 17.2. The largest absolute Gasteiger partial charge is 0.444 e. The number of thiophene rings is 1. The van der Waals surface area contributed by atoms with Crippen LogP contribution in [0.2, 0.25) is 0 Å². The van der Waals surface area contributed by atoms with Gasteiger partial charge in [0.15, 0.2) is 0 Å². The molecule has 0 spiro atoms. The molecule has 4 nitrogen and oxygen atoms in total. The number of hydrogen-bond acceptors (Lipinski definition) is 4. The minimum absolute atomic E-state index is 0.134. The second-order valence-electron chi connectivity index (χ2n) is 7.58. The predicted octanol–water partition coefficient (Wildman–Crippen LogP) is 4.53. The molecule has 0 aromatic carbocycles. The van der Waals surface area contributed by atoms with Gasteiger partial charge in [-0.05, 0) is 79.4 Å². The van der Waals surface area contributed by atoms with E-state index in [0.29, 0.717) is 18.1 Å². The Kier molecular flexibility index (Phi) is 5.04. The molecule has 2 atom stereocenters. The molecule has 6 heteroatoms. The average Bonchev–Trinajstić information content (AvgIpc) is 2.96. The summed E-state index contributed by atoms with van der Waals surface area (Å²) >= 11 is 5.23. The number of piperidine rings is 1. The highest BCUT2D eigenvalue weighted by Crippen LogP contribution is 2.37. The Balaban J connectivity index is 1.55. The highest BCUT2D eigenvalue weighted by Gasteiger charge is 2.44. The highest BCUT2D eigenvalue weighted by molar-refractivity contribution is 9.11. The highest BCUT2D eigenvalue weighted by atomic mass is 79.9. The van der Waals surface area contributed by atoms with Crippen molar-refractivity contribution >= 4 is 33.4 Å². The van der Waals surface area contributed by atoms with Crippen molar-refractivity contribution < 1.29 is 9.53 Å². The summed E-state index contributed by atoms with van der Waals surface area (Å²) in [6, 6.07) is 3.32. The van der Waals surface area contributed by atoms with Crippen molar-refractivity contribution in [3.63, 3.8) is 0 Å². The summed E-state index contributed by atoms with van der Waals surface area (Å²) in [5.74, 6) is 0. The summed E-state index contributed by atoms with van der Waals surface area (Å²) in [6.07, 6.45) is 4.13. The number of amides is 1. The first-order chi connectivity index (χ1) is 10.8. The van der Waals surface area contributed by atoms with Crippen LogP contribution in [0.25, 0.3) is 0 Å². The van der Waals surface area contributed by atoms with Gasteiger partial charge in [-0.25, -0.2) is 4.79 Å². The van der Waals surface area contributed by atoms with Crippen LogP contribution in [0.4, 0.5) is 4.79 Å². The second-order valence-corrected chi connectivity index (χ2v) is 9.87. The van der Waals surface area contributed by atoms with Crippen LogP contribution in [0.1, 0.15) is 52.0 Å². The maximum Gasteiger partial charge on any atom is 0.410 e. The van der Waals surface area contributed by atoms with Gasteiger partial charge in [-0.3, -0.25) is 0 Å². The average molecular weight is 401 g/mol. The van der Waals surface area contributed by atoms with E-state index in [-0.39, 0.29) is 6.09 Å². The fraction of sp³-hybridized carbons (Fsp3) is 0.706. The predicted molar refractivity (Wildman–Crippen MR) is 96.8 cm³/mol. The number of nitrogens with one attached hydrogen (secondary N) is 1. The third-order valence-corrected chi connectivity index (χ3v) is 6.11. The quantitative estimate of drug-likeness (QED) is 0.809. The minimum atomic E-state index is -0.419. The summed E-state index contributed by atoms with van der Waals surface area (Å²) in [6.45, 7) is 6.69. The van der Waals surface area contributed by atoms with E-state index in [0.717, 1.165) is 32.2 Å². The van der Waals surface area contributed by atoms with Crippen LogP contribution < -0.4 is 5.32 Å². The van der Waals surface area contributed by atoms with E-state index in [9.17, 15) is 4.79 Å². The summed E-state index contributed by atoms with van der Waals surface area (Å²) < 4.78 is 6.76. The standard InChI is InChI=1S/C17H25BrN2O2S/c1-17(2,3)22-16(21)20-13-4-5-14(20)8-12(7-13)19-9-11-6-15(18)23-10-11/h6,10,12-14,19H,4-5,7-9H2,1-3H3. The van der Waals surface area contributed by atoms with E-state index < -0.39 is 5.60 Å². The molecule has 0 saturated carbocycles. The molecule has 1 N–H and O–H groups in total. The lowest BCUT2D eigenvalue weighted by molar-refractivity contribution is 0.00466. The molecule has 23 heavy (non-hydrogen) atoms. The third-order valence-electron chi connectivity index (χ3n) is 4.55. The molecule has 2 bridgehead atoms. The number of rotatable bonds is 3. The van der Waals surface area contributed by atoms with Gasteiger partial charge >= 0.3 is 6.09 Å². The molecule has 2 fully saturated rings. The molecule has 2 saturated heterocycles. The maximum atomic E-state index is 12.4. The lowest BCUT2D eigenvalue weighted by Crippen LogP contribution is -2.52. The smallest absolute Gasteiger partial charge is 0.410 e. The Hall–Kier alpha value is -0.590. The maximum absolute atomic E-state index is 12.4. The summed E-state index contributed by atoms with van der Waals surface area (Å²) in [7, 11) is 0. The molecule has 2 aliphatic heterocycles. The molecule has 2 aliphatic rings. The van der Waals surface area contributed by atoms with Gasteiger partial charge in [0.1, 0.15) is 5.60 Å². The van der Waals surface area contributed by atoms with Crippen molar-refractivity contribution in [1.29, 1.82) is 0 Å². The SMILES string of the molecule is CC(C)(C)OC(=O)N1C2CCC1CC(NCc1csc(Br)c1)C2. The van der Waals surface area contributed by atoms with Crippen LogP contribution in [-0.2, 0) is 11.3 Å². The minimum Gasteiger partial charge on any atom is -0.444 e. The fourth-order valence-corrected chi connectivity index (χ4v) is 4.87. The van der Waals surface area contributed by atoms with Gasteiger partial charge in [0.2, 0.25) is 0 Å². The van der Waals surface area contributed by atoms with E-state index in [1.165, 1.54) is 9.35 Å². The van der Waals surface area contributed by atoms with Crippen molar-refractivity contribution in [3.8, 4) is 0 Å². The van der Waals surface area contributed by atoms with Gasteiger partial charge < -0.3 is 15.0 Å². The second kappa shape index (κ2) is 6.73. The van der Waals surface area contributed by atoms with Crippen LogP contribution in [0, 0.1) is 0 Å². The van der Waals surface area contributed by atoms with E-state index in [1.807, 2.05) is 25.7 Å². The lowest BCUT2D eigenvalue weighted by atomic mass is 9.97. The number of carbonyl (C=O) groups excluding carboxylic acids is 1. The summed E-state index contributed by atoms with van der Waals surface area (Å²) in [5.41, 5.74) is 0.904. The van der Waals surface area contributed by atoms with Gasteiger partial charge in [0.25, 0.3) is 0 Å². The van der Waals surface area contributed by atoms with Crippen LogP contribution >= 0.6 is 27.3 Å². The first-order valence-corrected chi connectivity index (χ1v) is 9.97. The number of hydrogen-bond donors (Lipinski definition) is 1. The van der Waals surface area contributed by atoms with E-state index >= 15 is 0 Å². The Morgan fingerprint density at radius 3 is 2.57 bits per heavy atom. The van der Waals surface area contributed by atoms with Crippen molar-refractivity contribution in [3.05, 3.63) is 20.8 Å². The topological polar surface area (TPSA) is 41.6 Å². The number of carbonyl (C=O) groups is 1. The lowest BCUT2D eigenvalue weighted by Gasteiger charge is -2.39. The van der Waals surface area contributed by atoms with Crippen LogP contribution in [0.15, 0.2) is 15.2 Å². The van der Waals surface area contributed by atoms with Gasteiger partial charge in [-0.1, -0.05) is 0 Å². The zero-order chi connectivity index (χ0) is 16.6. The van der Waals surface area contributed by atoms with Crippen LogP contribution in [0.3, 0.4) is 0 Å². The third kappa shape index (κ3) is 4.28. The van der Waals surface area contributed by atoms with Gasteiger partial charge in [0, 0.05) is 24.7 Å². The molecule has 0 radical (unpaired) electrons. The first-order valence-electron chi connectivity index (χ1n) is 8.29. The Morgan fingerprint density at radius 2 is 2.04 bits per heavy atom. The number of ether oxygens (including phenoxy) is 1. The van der Waals surface area contributed by atoms with Crippen molar-refractivity contribution in [2.45, 2.75) is 76.7 Å². The monoisotopic (exact) mass is 400 g/mol. The molecule has 3 rings (SSSR count). The van der Waals surface area contributed by atoms with Crippen molar-refractivity contribution in [2.24, 2.45) is 0 Å². The van der Waals surface area contributed by atoms with Gasteiger partial charge in [-0.2, -0.15) is 0 Å². The van der Waals surface area contributed by atoms with Crippen LogP contribution in [-0.4, -0.2) is 34.7 Å². The van der Waals surface area contributed by atoms with Gasteiger partial charge in [0.05, 0.1) is 3.79 Å². The molecule has 3 heterocycles.